The largest absolute Gasteiger partial charge is 0.378 e. The molecule has 1 fully saturated rings. The van der Waals surface area contributed by atoms with Crippen molar-refractivity contribution < 1.29 is 18.7 Å². The molecule has 1 saturated heterocycles. The predicted octanol–water partition coefficient (Wildman–Crippen LogP) is 0.279. The Morgan fingerprint density at radius 3 is 2.74 bits per heavy atom. The number of carbonyl (C=O) groups excluding carboxylic acids is 2. The van der Waals surface area contributed by atoms with E-state index in [1.54, 1.807) is 12.1 Å². The molecular weight excluding hydrogens is 301 g/mol. The van der Waals surface area contributed by atoms with Crippen LogP contribution in [-0.2, 0) is 20.9 Å². The fourth-order valence-electron chi connectivity index (χ4n) is 2.32. The Kier molecular flexibility index (Phi) is 6.49. The summed E-state index contributed by atoms with van der Waals surface area (Å²) in [5, 5.41) is 5.82. The first-order valence-electron chi connectivity index (χ1n) is 7.71. The first-order chi connectivity index (χ1) is 11.1. The van der Waals surface area contributed by atoms with E-state index in [0.29, 0.717) is 32.8 Å². The maximum atomic E-state index is 12.8. The average molecular weight is 323 g/mol. The molecule has 0 saturated carbocycles. The number of hydrogen-bond acceptors (Lipinski definition) is 4. The summed E-state index contributed by atoms with van der Waals surface area (Å²) in [4.78, 5) is 25.8. The zero-order chi connectivity index (χ0) is 16.7. The minimum Gasteiger partial charge on any atom is -0.378 e. The van der Waals surface area contributed by atoms with Crippen LogP contribution in [0.1, 0.15) is 12.5 Å². The molecular formula is C16H22FN3O3. The van der Waals surface area contributed by atoms with Gasteiger partial charge >= 0.3 is 0 Å². The van der Waals surface area contributed by atoms with Gasteiger partial charge in [0.1, 0.15) is 11.9 Å². The molecule has 0 bridgehead atoms. The highest BCUT2D eigenvalue weighted by Crippen LogP contribution is 2.03. The molecule has 23 heavy (non-hydrogen) atoms. The summed E-state index contributed by atoms with van der Waals surface area (Å²) in [6.07, 6.45) is 0. The van der Waals surface area contributed by atoms with E-state index in [-0.39, 0.29) is 24.2 Å². The Labute approximate surface area is 135 Å². The van der Waals surface area contributed by atoms with Gasteiger partial charge in [-0.3, -0.25) is 9.59 Å². The van der Waals surface area contributed by atoms with Crippen LogP contribution in [0, 0.1) is 5.82 Å². The summed E-state index contributed by atoms with van der Waals surface area (Å²) in [6.45, 7) is 4.12. The molecule has 1 aromatic rings. The van der Waals surface area contributed by atoms with Crippen molar-refractivity contribution in [2.75, 3.05) is 32.8 Å². The Morgan fingerprint density at radius 2 is 2.13 bits per heavy atom. The number of halogens is 1. The second kappa shape index (κ2) is 8.59. The molecule has 2 N–H and O–H groups in total. The number of likely N-dealkylation sites (N-methyl/N-ethyl adjacent to an activating group) is 1. The second-order valence-electron chi connectivity index (χ2n) is 5.34. The van der Waals surface area contributed by atoms with Gasteiger partial charge in [0.05, 0.1) is 19.8 Å². The molecule has 1 aliphatic rings. The molecule has 1 atom stereocenters. The summed E-state index contributed by atoms with van der Waals surface area (Å²) in [7, 11) is 0. The lowest BCUT2D eigenvalue weighted by atomic mass is 10.2. The normalized spacial score (nSPS) is 17.6. The SMILES string of the molecule is CCN(CC(=O)NCc1ccc(F)cc1)C(=O)C1COCCN1. The highest BCUT2D eigenvalue weighted by molar-refractivity contribution is 5.87. The van der Waals surface area contributed by atoms with Crippen molar-refractivity contribution in [3.63, 3.8) is 0 Å². The smallest absolute Gasteiger partial charge is 0.242 e. The Bertz CT molecular complexity index is 530. The number of nitrogens with one attached hydrogen (secondary N) is 2. The van der Waals surface area contributed by atoms with Crippen LogP contribution < -0.4 is 10.6 Å². The lowest BCUT2D eigenvalue weighted by Crippen LogP contribution is -2.54. The molecule has 2 rings (SSSR count). The molecule has 0 aromatic heterocycles. The summed E-state index contributed by atoms with van der Waals surface area (Å²) in [6, 6.07) is 5.52. The highest BCUT2D eigenvalue weighted by Gasteiger charge is 2.26. The molecule has 1 unspecified atom stereocenters. The van der Waals surface area contributed by atoms with Crippen LogP contribution in [0.15, 0.2) is 24.3 Å². The third-order valence-electron chi connectivity index (χ3n) is 3.65. The molecule has 2 amide bonds. The monoisotopic (exact) mass is 323 g/mol. The van der Waals surface area contributed by atoms with Crippen molar-refractivity contribution >= 4 is 11.8 Å². The fraction of sp³-hybridized carbons (Fsp3) is 0.500. The molecule has 7 heteroatoms. The predicted molar refractivity (Wildman–Crippen MR) is 83.1 cm³/mol. The van der Waals surface area contributed by atoms with Gasteiger partial charge in [0.25, 0.3) is 0 Å². The zero-order valence-corrected chi connectivity index (χ0v) is 13.2. The van der Waals surface area contributed by atoms with E-state index in [1.165, 1.54) is 17.0 Å². The van der Waals surface area contributed by atoms with Crippen LogP contribution in [0.3, 0.4) is 0 Å². The van der Waals surface area contributed by atoms with E-state index in [0.717, 1.165) is 5.56 Å². The van der Waals surface area contributed by atoms with Crippen molar-refractivity contribution in [1.82, 2.24) is 15.5 Å². The summed E-state index contributed by atoms with van der Waals surface area (Å²) in [5.74, 6) is -0.699. The molecule has 1 aliphatic heterocycles. The number of rotatable bonds is 6. The number of hydrogen-bond donors (Lipinski definition) is 2. The van der Waals surface area contributed by atoms with Crippen molar-refractivity contribution in [2.24, 2.45) is 0 Å². The number of benzene rings is 1. The van der Waals surface area contributed by atoms with Gasteiger partial charge in [0, 0.05) is 19.6 Å². The Morgan fingerprint density at radius 1 is 1.39 bits per heavy atom. The van der Waals surface area contributed by atoms with Gasteiger partial charge in [-0.1, -0.05) is 12.1 Å². The van der Waals surface area contributed by atoms with E-state index in [4.69, 9.17) is 4.74 Å². The average Bonchev–Trinajstić information content (AvgIpc) is 2.59. The molecule has 1 heterocycles. The lowest BCUT2D eigenvalue weighted by molar-refractivity contribution is -0.139. The van der Waals surface area contributed by atoms with Gasteiger partial charge in [-0.2, -0.15) is 0 Å². The topological polar surface area (TPSA) is 70.7 Å². The molecule has 6 nitrogen and oxygen atoms in total. The Balaban J connectivity index is 1.81. The maximum Gasteiger partial charge on any atom is 0.242 e. The van der Waals surface area contributed by atoms with Crippen molar-refractivity contribution in [2.45, 2.75) is 19.5 Å². The van der Waals surface area contributed by atoms with Crippen molar-refractivity contribution in [3.8, 4) is 0 Å². The van der Waals surface area contributed by atoms with Crippen LogP contribution in [0.2, 0.25) is 0 Å². The number of ether oxygens (including phenoxy) is 1. The second-order valence-corrected chi connectivity index (χ2v) is 5.34. The number of morpholine rings is 1. The fourth-order valence-corrected chi connectivity index (χ4v) is 2.32. The van der Waals surface area contributed by atoms with Crippen LogP contribution in [0.25, 0.3) is 0 Å². The van der Waals surface area contributed by atoms with Crippen molar-refractivity contribution in [3.05, 3.63) is 35.6 Å². The van der Waals surface area contributed by atoms with Gasteiger partial charge < -0.3 is 20.3 Å². The molecule has 126 valence electrons. The van der Waals surface area contributed by atoms with E-state index < -0.39 is 6.04 Å². The standard InChI is InChI=1S/C16H22FN3O3/c1-2-20(16(22)14-11-23-8-7-18-14)10-15(21)19-9-12-3-5-13(17)6-4-12/h3-6,14,18H,2,7-11H2,1H3,(H,19,21). The number of nitrogens with zero attached hydrogens (tertiary/aromatic N) is 1. The third-order valence-corrected chi connectivity index (χ3v) is 3.65. The Hall–Kier alpha value is -1.99. The van der Waals surface area contributed by atoms with Crippen molar-refractivity contribution in [1.29, 1.82) is 0 Å². The molecule has 1 aromatic carbocycles. The van der Waals surface area contributed by atoms with Gasteiger partial charge in [0.2, 0.25) is 11.8 Å². The summed E-state index contributed by atoms with van der Waals surface area (Å²) < 4.78 is 18.1. The minimum absolute atomic E-state index is 0.00525. The third kappa shape index (κ3) is 5.30. The summed E-state index contributed by atoms with van der Waals surface area (Å²) in [5.41, 5.74) is 0.802. The highest BCUT2D eigenvalue weighted by atomic mass is 19.1. The zero-order valence-electron chi connectivity index (χ0n) is 13.2. The van der Waals surface area contributed by atoms with E-state index >= 15 is 0 Å². The lowest BCUT2D eigenvalue weighted by Gasteiger charge is -2.28. The van der Waals surface area contributed by atoms with Gasteiger partial charge in [-0.15, -0.1) is 0 Å². The number of amides is 2. The number of carbonyl (C=O) groups is 2. The summed E-state index contributed by atoms with van der Waals surface area (Å²) >= 11 is 0. The first-order valence-corrected chi connectivity index (χ1v) is 7.71. The minimum atomic E-state index is -0.395. The van der Waals surface area contributed by atoms with Gasteiger partial charge in [0.15, 0.2) is 0 Å². The van der Waals surface area contributed by atoms with Crippen LogP contribution in [0.5, 0.6) is 0 Å². The quantitative estimate of drug-likeness (QED) is 0.789. The van der Waals surface area contributed by atoms with Crippen LogP contribution >= 0.6 is 0 Å². The maximum absolute atomic E-state index is 12.8. The van der Waals surface area contributed by atoms with E-state index in [2.05, 4.69) is 10.6 Å². The van der Waals surface area contributed by atoms with Crippen LogP contribution in [-0.4, -0.2) is 55.6 Å². The van der Waals surface area contributed by atoms with E-state index in [1.807, 2.05) is 6.92 Å². The first kappa shape index (κ1) is 17.4. The molecule has 0 radical (unpaired) electrons. The molecule has 0 spiro atoms. The van der Waals surface area contributed by atoms with Crippen LogP contribution in [0.4, 0.5) is 4.39 Å². The molecule has 0 aliphatic carbocycles. The van der Waals surface area contributed by atoms with E-state index in [9.17, 15) is 14.0 Å². The van der Waals surface area contributed by atoms with Gasteiger partial charge in [-0.25, -0.2) is 4.39 Å². The van der Waals surface area contributed by atoms with Gasteiger partial charge in [-0.05, 0) is 24.6 Å².